The molecule has 0 radical (unpaired) electrons. The molecule has 0 unspecified atom stereocenters. The number of nitrogens with one attached hydrogen (secondary N) is 5. The molecule has 1 aromatic heterocycles. The van der Waals surface area contributed by atoms with Crippen LogP contribution >= 0.6 is 0 Å². The minimum absolute atomic E-state index is 0.0183. The third-order valence-corrected chi connectivity index (χ3v) is 1.61. The van der Waals surface area contributed by atoms with Gasteiger partial charge in [-0.3, -0.25) is 16.1 Å². The molecule has 6 nitrogen and oxygen atoms in total. The van der Waals surface area contributed by atoms with Gasteiger partial charge >= 0.3 is 0 Å². The lowest BCUT2D eigenvalue weighted by Gasteiger charge is -2.07. The molecule has 14 heavy (non-hydrogen) atoms. The predicted molar refractivity (Wildman–Crippen MR) is 55.1 cm³/mol. The molecule has 0 aliphatic rings. The fraction of sp³-hybridized carbons (Fsp3) is 0.250. The zero-order valence-corrected chi connectivity index (χ0v) is 7.94. The average molecular weight is 194 g/mol. The van der Waals surface area contributed by atoms with Gasteiger partial charge in [0.1, 0.15) is 0 Å². The van der Waals surface area contributed by atoms with Gasteiger partial charge in [-0.05, 0) is 19.1 Å². The van der Waals surface area contributed by atoms with Crippen molar-refractivity contribution in [2.24, 2.45) is 5.73 Å². The fourth-order valence-corrected chi connectivity index (χ4v) is 1.03. The Balaban J connectivity index is 2.34. The highest BCUT2D eigenvalue weighted by Crippen LogP contribution is 1.98. The molecule has 0 aliphatic carbocycles. The molecule has 0 fully saturated rings. The Bertz CT molecular complexity index is 339. The lowest BCUT2D eigenvalue weighted by Crippen LogP contribution is -2.43. The average Bonchev–Trinajstić information content (AvgIpc) is 2.47. The molecule has 0 aliphatic heterocycles. The van der Waals surface area contributed by atoms with Crippen LogP contribution in [-0.4, -0.2) is 16.9 Å². The summed E-state index contributed by atoms with van der Waals surface area (Å²) in [6, 6.07) is 3.89. The van der Waals surface area contributed by atoms with Gasteiger partial charge in [-0.2, -0.15) is 0 Å². The maximum atomic E-state index is 7.32. The van der Waals surface area contributed by atoms with E-state index < -0.39 is 0 Å². The minimum Gasteiger partial charge on any atom is -0.370 e. The van der Waals surface area contributed by atoms with E-state index in [-0.39, 0.29) is 11.9 Å². The molecule has 0 saturated heterocycles. The first-order valence-electron chi connectivity index (χ1n) is 4.16. The molecule has 1 heterocycles. The van der Waals surface area contributed by atoms with E-state index in [9.17, 15) is 0 Å². The highest BCUT2D eigenvalue weighted by atomic mass is 15.2. The molecular weight excluding hydrogens is 180 g/mol. The number of H-pyrrole nitrogens is 1. The predicted octanol–water partition coefficient (Wildman–Crippen LogP) is -0.169. The molecule has 7 N–H and O–H groups in total. The number of aryl methyl sites for hydroxylation is 1. The molecule has 76 valence electrons. The van der Waals surface area contributed by atoms with Gasteiger partial charge < -0.3 is 16.0 Å². The third kappa shape index (κ3) is 3.18. The summed E-state index contributed by atoms with van der Waals surface area (Å²) in [5.74, 6) is -0.227. The molecule has 6 heteroatoms. The van der Waals surface area contributed by atoms with Crippen molar-refractivity contribution in [2.45, 2.75) is 13.5 Å². The molecule has 0 saturated carbocycles. The van der Waals surface area contributed by atoms with Gasteiger partial charge in [-0.25, -0.2) is 0 Å². The molecule has 0 amide bonds. The zero-order chi connectivity index (χ0) is 10.6. The molecule has 1 aromatic rings. The van der Waals surface area contributed by atoms with E-state index in [4.69, 9.17) is 16.6 Å². The van der Waals surface area contributed by atoms with Crippen molar-refractivity contribution in [1.29, 1.82) is 10.8 Å². The van der Waals surface area contributed by atoms with Crippen LogP contribution in [0.2, 0.25) is 0 Å². The Labute approximate surface area is 81.9 Å². The molecule has 0 atom stereocenters. The van der Waals surface area contributed by atoms with Crippen molar-refractivity contribution in [1.82, 2.24) is 15.6 Å². The van der Waals surface area contributed by atoms with Crippen molar-refractivity contribution in [3.63, 3.8) is 0 Å². The van der Waals surface area contributed by atoms with E-state index in [2.05, 4.69) is 15.6 Å². The lowest BCUT2D eigenvalue weighted by atomic mass is 10.4. The van der Waals surface area contributed by atoms with Crippen molar-refractivity contribution < 1.29 is 0 Å². The topological polar surface area (TPSA) is 114 Å². The number of hydrogen-bond acceptors (Lipinski definition) is 2. The van der Waals surface area contributed by atoms with Crippen LogP contribution in [0.1, 0.15) is 11.4 Å². The van der Waals surface area contributed by atoms with Gasteiger partial charge in [0.25, 0.3) is 0 Å². The Morgan fingerprint density at radius 3 is 2.71 bits per heavy atom. The summed E-state index contributed by atoms with van der Waals surface area (Å²) in [4.78, 5) is 3.11. The van der Waals surface area contributed by atoms with Crippen LogP contribution in [0.4, 0.5) is 0 Å². The fourth-order valence-electron chi connectivity index (χ4n) is 1.03. The van der Waals surface area contributed by atoms with Gasteiger partial charge in [0.2, 0.25) is 0 Å². The van der Waals surface area contributed by atoms with Gasteiger partial charge in [0, 0.05) is 11.4 Å². The van der Waals surface area contributed by atoms with E-state index in [0.717, 1.165) is 11.4 Å². The number of nitrogens with two attached hydrogens (primary N) is 1. The molecular formula is C8H14N6. The second-order valence-corrected chi connectivity index (χ2v) is 2.93. The Morgan fingerprint density at radius 2 is 2.21 bits per heavy atom. The third-order valence-electron chi connectivity index (χ3n) is 1.61. The van der Waals surface area contributed by atoms with Crippen molar-refractivity contribution in [3.8, 4) is 0 Å². The lowest BCUT2D eigenvalue weighted by molar-refractivity contribution is 0.849. The first-order chi connectivity index (χ1) is 6.58. The minimum atomic E-state index is -0.245. The molecule has 1 rings (SSSR count). The van der Waals surface area contributed by atoms with E-state index in [1.54, 1.807) is 0 Å². The largest absolute Gasteiger partial charge is 0.370 e. The zero-order valence-electron chi connectivity index (χ0n) is 7.94. The van der Waals surface area contributed by atoms with Crippen molar-refractivity contribution in [3.05, 3.63) is 23.5 Å². The van der Waals surface area contributed by atoms with Crippen molar-refractivity contribution >= 4 is 11.9 Å². The van der Waals surface area contributed by atoms with E-state index >= 15 is 0 Å². The van der Waals surface area contributed by atoms with Gasteiger partial charge in [0.15, 0.2) is 11.9 Å². The smallest absolute Gasteiger partial charge is 0.195 e. The Kier molecular flexibility index (Phi) is 3.11. The highest BCUT2D eigenvalue weighted by Gasteiger charge is 1.98. The summed E-state index contributed by atoms with van der Waals surface area (Å²) in [5.41, 5.74) is 7.11. The van der Waals surface area contributed by atoms with Crippen LogP contribution in [0.25, 0.3) is 0 Å². The quantitative estimate of drug-likeness (QED) is 0.290. The first kappa shape index (κ1) is 10.1. The van der Waals surface area contributed by atoms with E-state index in [1.807, 2.05) is 19.1 Å². The second kappa shape index (κ2) is 4.31. The molecule has 0 aromatic carbocycles. The van der Waals surface area contributed by atoms with Gasteiger partial charge in [-0.15, -0.1) is 0 Å². The summed E-state index contributed by atoms with van der Waals surface area (Å²) in [7, 11) is 0. The summed E-state index contributed by atoms with van der Waals surface area (Å²) in [5, 5.41) is 19.3. The summed E-state index contributed by atoms with van der Waals surface area (Å²) in [6.45, 7) is 2.47. The summed E-state index contributed by atoms with van der Waals surface area (Å²) < 4.78 is 0. The van der Waals surface area contributed by atoms with Crippen LogP contribution in [0.5, 0.6) is 0 Å². The van der Waals surface area contributed by atoms with Crippen LogP contribution < -0.4 is 16.4 Å². The van der Waals surface area contributed by atoms with Crippen LogP contribution in [0.15, 0.2) is 12.1 Å². The Hall–Kier alpha value is -1.98. The highest BCUT2D eigenvalue weighted by molar-refractivity contribution is 5.94. The standard InChI is InChI=1S/C8H14N6/c1-5-2-3-6(13-5)4-12-8(11)14-7(9)10/h2-3,13H,4H2,1H3,(H6,9,10,11,12,14). The Morgan fingerprint density at radius 1 is 1.50 bits per heavy atom. The number of rotatable bonds is 2. The maximum Gasteiger partial charge on any atom is 0.195 e. The van der Waals surface area contributed by atoms with Crippen LogP contribution in [0.3, 0.4) is 0 Å². The number of guanidine groups is 2. The van der Waals surface area contributed by atoms with Crippen molar-refractivity contribution in [2.75, 3.05) is 0 Å². The van der Waals surface area contributed by atoms with Gasteiger partial charge in [-0.1, -0.05) is 0 Å². The monoisotopic (exact) mass is 194 g/mol. The normalized spacial score (nSPS) is 9.50. The molecule has 0 spiro atoms. The maximum absolute atomic E-state index is 7.32. The number of aromatic nitrogens is 1. The van der Waals surface area contributed by atoms with E-state index in [0.29, 0.717) is 6.54 Å². The van der Waals surface area contributed by atoms with Crippen LogP contribution in [-0.2, 0) is 6.54 Å². The summed E-state index contributed by atoms with van der Waals surface area (Å²) >= 11 is 0. The van der Waals surface area contributed by atoms with Crippen LogP contribution in [0, 0.1) is 17.7 Å². The summed E-state index contributed by atoms with van der Waals surface area (Å²) in [6.07, 6.45) is 0. The SMILES string of the molecule is Cc1ccc(CNC(=N)NC(=N)N)[nH]1. The van der Waals surface area contributed by atoms with E-state index in [1.165, 1.54) is 0 Å². The molecule has 0 bridgehead atoms. The first-order valence-corrected chi connectivity index (χ1v) is 4.16. The number of hydrogen-bond donors (Lipinski definition) is 6. The van der Waals surface area contributed by atoms with Gasteiger partial charge in [0.05, 0.1) is 6.54 Å². The number of aromatic amines is 1. The second-order valence-electron chi connectivity index (χ2n) is 2.93.